The number of fused-ring (bicyclic) bond motifs is 4. The fraction of sp³-hybridized carbons (Fsp3) is 0. The van der Waals surface area contributed by atoms with Crippen LogP contribution in [0.15, 0.2) is 59.2 Å². The van der Waals surface area contributed by atoms with E-state index in [4.69, 9.17) is 9.40 Å². The highest BCUT2D eigenvalue weighted by atomic mass is 16.3. The summed E-state index contributed by atoms with van der Waals surface area (Å²) >= 11 is 0. The quantitative estimate of drug-likeness (QED) is 0.415. The van der Waals surface area contributed by atoms with Crippen molar-refractivity contribution in [1.29, 1.82) is 0 Å². The van der Waals surface area contributed by atoms with Gasteiger partial charge in [-0.2, -0.15) is 0 Å². The number of furan rings is 1. The van der Waals surface area contributed by atoms with Gasteiger partial charge in [0.2, 0.25) is 0 Å². The Balaban J connectivity index is 2.29. The Morgan fingerprint density at radius 3 is 2.82 bits per heavy atom. The number of rotatable bonds is 0. The van der Waals surface area contributed by atoms with Crippen LogP contribution >= 0.6 is 0 Å². The maximum absolute atomic E-state index is 5.40. The van der Waals surface area contributed by atoms with E-state index in [2.05, 4.69) is 18.2 Å². The predicted octanol–water partition coefficient (Wildman–Crippen LogP) is 4.13. The Kier molecular flexibility index (Phi) is 1.59. The zero-order chi connectivity index (χ0) is 11.2. The van der Waals surface area contributed by atoms with Crippen molar-refractivity contribution in [2.75, 3.05) is 0 Å². The van der Waals surface area contributed by atoms with Gasteiger partial charge in [0.15, 0.2) is 0 Å². The van der Waals surface area contributed by atoms with E-state index >= 15 is 0 Å². The van der Waals surface area contributed by atoms with Gasteiger partial charge < -0.3 is 4.42 Å². The van der Waals surface area contributed by atoms with Gasteiger partial charge in [0.05, 0.1) is 17.3 Å². The minimum Gasteiger partial charge on any atom is -0.464 e. The van der Waals surface area contributed by atoms with Gasteiger partial charge in [0, 0.05) is 16.2 Å². The van der Waals surface area contributed by atoms with Gasteiger partial charge in [0.25, 0.3) is 0 Å². The fourth-order valence-electron chi connectivity index (χ4n) is 2.29. The molecular formula is C15H9NO. The zero-order valence-electron chi connectivity index (χ0n) is 9.05. The van der Waals surface area contributed by atoms with Crippen molar-refractivity contribution in [2.45, 2.75) is 0 Å². The van der Waals surface area contributed by atoms with Gasteiger partial charge >= 0.3 is 0 Å². The molecule has 2 nitrogen and oxygen atoms in total. The molecule has 0 saturated heterocycles. The lowest BCUT2D eigenvalue weighted by Gasteiger charge is -2.01. The molecule has 0 aliphatic rings. The van der Waals surface area contributed by atoms with Crippen LogP contribution in [-0.4, -0.2) is 4.98 Å². The summed E-state index contributed by atoms with van der Waals surface area (Å²) in [6.07, 6.45) is 1.71. The van der Waals surface area contributed by atoms with Crippen molar-refractivity contribution in [3.8, 4) is 0 Å². The topological polar surface area (TPSA) is 26.0 Å². The lowest BCUT2D eigenvalue weighted by atomic mass is 10.1. The van der Waals surface area contributed by atoms with Crippen LogP contribution in [0.2, 0.25) is 0 Å². The first-order valence-electron chi connectivity index (χ1n) is 5.57. The van der Waals surface area contributed by atoms with Gasteiger partial charge in [-0.25, -0.2) is 4.98 Å². The Bertz CT molecular complexity index is 845. The van der Waals surface area contributed by atoms with Gasteiger partial charge in [-0.05, 0) is 30.3 Å². The van der Waals surface area contributed by atoms with Crippen molar-refractivity contribution in [1.82, 2.24) is 4.98 Å². The van der Waals surface area contributed by atoms with E-state index < -0.39 is 0 Å². The molecule has 4 aromatic rings. The first-order chi connectivity index (χ1) is 8.42. The summed E-state index contributed by atoms with van der Waals surface area (Å²) in [5.74, 6) is 0. The largest absolute Gasteiger partial charge is 0.464 e. The van der Waals surface area contributed by atoms with Crippen LogP contribution in [0.3, 0.4) is 0 Å². The molecule has 0 N–H and O–H groups in total. The van der Waals surface area contributed by atoms with Crippen LogP contribution in [0.1, 0.15) is 0 Å². The second-order valence-electron chi connectivity index (χ2n) is 4.15. The second-order valence-corrected chi connectivity index (χ2v) is 4.15. The normalized spacial score (nSPS) is 11.5. The Morgan fingerprint density at radius 2 is 1.82 bits per heavy atom. The Hall–Kier alpha value is -2.35. The number of hydrogen-bond acceptors (Lipinski definition) is 2. The third-order valence-corrected chi connectivity index (χ3v) is 3.12. The average Bonchev–Trinajstić information content (AvgIpc) is 2.85. The molecular weight excluding hydrogens is 210 g/mol. The van der Waals surface area contributed by atoms with Crippen LogP contribution in [0.4, 0.5) is 0 Å². The highest BCUT2D eigenvalue weighted by Crippen LogP contribution is 2.27. The summed E-state index contributed by atoms with van der Waals surface area (Å²) < 4.78 is 5.40. The van der Waals surface area contributed by atoms with E-state index in [0.717, 1.165) is 27.4 Å². The molecule has 0 spiro atoms. The first kappa shape index (κ1) is 8.76. The lowest BCUT2D eigenvalue weighted by molar-refractivity contribution is 0.616. The minimum absolute atomic E-state index is 0.889. The molecule has 17 heavy (non-hydrogen) atoms. The van der Waals surface area contributed by atoms with Gasteiger partial charge in [0.1, 0.15) is 5.58 Å². The maximum Gasteiger partial charge on any atom is 0.136 e. The summed E-state index contributed by atoms with van der Waals surface area (Å²) in [7, 11) is 0. The second kappa shape index (κ2) is 3.08. The molecule has 0 unspecified atom stereocenters. The van der Waals surface area contributed by atoms with Crippen LogP contribution in [0.5, 0.6) is 0 Å². The van der Waals surface area contributed by atoms with Crippen molar-refractivity contribution in [3.63, 3.8) is 0 Å². The van der Waals surface area contributed by atoms with E-state index in [1.165, 1.54) is 5.39 Å². The molecule has 0 bridgehead atoms. The molecule has 0 saturated carbocycles. The Morgan fingerprint density at radius 1 is 0.882 bits per heavy atom. The molecule has 2 heteroatoms. The standard InChI is InChI=1S/C15H9NO/c1-2-4-13-10(3-1)9-11-5-6-14-12(7-8-17-14)15(11)16-13/h1-9H. The zero-order valence-corrected chi connectivity index (χ0v) is 9.05. The molecule has 0 radical (unpaired) electrons. The van der Waals surface area contributed by atoms with Gasteiger partial charge in [-0.15, -0.1) is 0 Å². The van der Waals surface area contributed by atoms with Crippen LogP contribution in [0, 0.1) is 0 Å². The highest BCUT2D eigenvalue weighted by molar-refractivity contribution is 6.06. The number of hydrogen-bond donors (Lipinski definition) is 0. The summed E-state index contributed by atoms with van der Waals surface area (Å²) in [6.45, 7) is 0. The van der Waals surface area contributed by atoms with E-state index in [0.29, 0.717) is 0 Å². The molecule has 0 aliphatic carbocycles. The van der Waals surface area contributed by atoms with Gasteiger partial charge in [-0.3, -0.25) is 0 Å². The Labute approximate surface area is 97.5 Å². The molecule has 0 aliphatic heterocycles. The number of benzene rings is 2. The van der Waals surface area contributed by atoms with Gasteiger partial charge in [-0.1, -0.05) is 18.2 Å². The average molecular weight is 219 g/mol. The molecule has 0 fully saturated rings. The van der Waals surface area contributed by atoms with E-state index in [1.54, 1.807) is 6.26 Å². The minimum atomic E-state index is 0.889. The maximum atomic E-state index is 5.40. The summed E-state index contributed by atoms with van der Waals surface area (Å²) in [5, 5.41) is 3.40. The number of nitrogens with zero attached hydrogens (tertiary/aromatic N) is 1. The van der Waals surface area contributed by atoms with Crippen LogP contribution < -0.4 is 0 Å². The van der Waals surface area contributed by atoms with E-state index in [9.17, 15) is 0 Å². The van der Waals surface area contributed by atoms with E-state index in [-0.39, 0.29) is 0 Å². The third-order valence-electron chi connectivity index (χ3n) is 3.12. The predicted molar refractivity (Wildman–Crippen MR) is 69.0 cm³/mol. The molecule has 4 rings (SSSR count). The number of aromatic nitrogens is 1. The molecule has 2 aromatic heterocycles. The smallest absolute Gasteiger partial charge is 0.136 e. The SMILES string of the molecule is c1ccc2nc3c(ccc4occc43)cc2c1. The van der Waals surface area contributed by atoms with Crippen molar-refractivity contribution in [3.05, 3.63) is 54.8 Å². The molecule has 0 atom stereocenters. The first-order valence-corrected chi connectivity index (χ1v) is 5.57. The molecule has 80 valence electrons. The molecule has 0 amide bonds. The number of para-hydroxylation sites is 1. The number of pyridine rings is 1. The van der Waals surface area contributed by atoms with Crippen LogP contribution in [0.25, 0.3) is 32.8 Å². The molecule has 2 aromatic carbocycles. The lowest BCUT2D eigenvalue weighted by Crippen LogP contribution is -1.82. The third kappa shape index (κ3) is 1.18. The monoisotopic (exact) mass is 219 g/mol. The van der Waals surface area contributed by atoms with Crippen molar-refractivity contribution in [2.24, 2.45) is 0 Å². The van der Waals surface area contributed by atoms with Crippen LogP contribution in [-0.2, 0) is 0 Å². The summed E-state index contributed by atoms with van der Waals surface area (Å²) in [6, 6.07) is 16.4. The van der Waals surface area contributed by atoms with Crippen molar-refractivity contribution >= 4 is 32.8 Å². The summed E-state index contributed by atoms with van der Waals surface area (Å²) in [4.78, 5) is 4.72. The fourth-order valence-corrected chi connectivity index (χ4v) is 2.29. The van der Waals surface area contributed by atoms with E-state index in [1.807, 2.05) is 30.3 Å². The van der Waals surface area contributed by atoms with Crippen molar-refractivity contribution < 1.29 is 4.42 Å². The molecule has 2 heterocycles. The highest BCUT2D eigenvalue weighted by Gasteiger charge is 2.05. The summed E-state index contributed by atoms with van der Waals surface area (Å²) in [5.41, 5.74) is 2.92.